The lowest BCUT2D eigenvalue weighted by Crippen LogP contribution is -2.08. The number of aryl methyl sites for hydroxylation is 1. The third kappa shape index (κ3) is 2.73. The van der Waals surface area contributed by atoms with Crippen molar-refractivity contribution in [3.8, 4) is 0 Å². The van der Waals surface area contributed by atoms with Gasteiger partial charge in [-0.25, -0.2) is 9.78 Å². The van der Waals surface area contributed by atoms with Crippen LogP contribution in [-0.4, -0.2) is 15.5 Å². The van der Waals surface area contributed by atoms with Gasteiger partial charge in [-0.1, -0.05) is 11.6 Å². The van der Waals surface area contributed by atoms with Crippen LogP contribution in [-0.2, 0) is 6.54 Å². The number of pyridine rings is 1. The highest BCUT2D eigenvalue weighted by atomic mass is 35.5. The Morgan fingerprint density at radius 1 is 1.28 bits per heavy atom. The van der Waals surface area contributed by atoms with Crippen LogP contribution >= 0.6 is 22.9 Å². The summed E-state index contributed by atoms with van der Waals surface area (Å²) in [6.07, 6.45) is 1.59. The molecule has 0 aliphatic rings. The molecule has 0 bridgehead atoms. The van der Waals surface area contributed by atoms with Gasteiger partial charge in [0.1, 0.15) is 5.52 Å². The summed E-state index contributed by atoms with van der Waals surface area (Å²) in [5, 5.41) is 3.05. The van der Waals surface area contributed by atoms with Crippen molar-refractivity contribution >= 4 is 61.8 Å². The molecule has 0 aliphatic heterocycles. The first-order valence-corrected chi connectivity index (χ1v) is 10.0. The Bertz CT molecular complexity index is 1510. The molecule has 29 heavy (non-hydrogen) atoms. The van der Waals surface area contributed by atoms with E-state index < -0.39 is 11.5 Å². The average Bonchev–Trinajstić information content (AvgIpc) is 3.27. The number of nitrogens with two attached hydrogens (primary N) is 1. The van der Waals surface area contributed by atoms with Gasteiger partial charge in [-0.05, 0) is 48.9 Å². The van der Waals surface area contributed by atoms with Gasteiger partial charge in [-0.15, -0.1) is 11.3 Å². The monoisotopic (exact) mass is 423 g/mol. The van der Waals surface area contributed by atoms with Crippen molar-refractivity contribution in [2.75, 3.05) is 0 Å². The van der Waals surface area contributed by atoms with Crippen molar-refractivity contribution in [2.24, 2.45) is 5.73 Å². The number of rotatable bonds is 3. The van der Waals surface area contributed by atoms with Crippen LogP contribution in [0.25, 0.3) is 32.9 Å². The molecule has 5 rings (SSSR count). The fourth-order valence-electron chi connectivity index (χ4n) is 3.68. The van der Waals surface area contributed by atoms with Gasteiger partial charge in [0.2, 0.25) is 5.71 Å². The summed E-state index contributed by atoms with van der Waals surface area (Å²) < 4.78 is 7.38. The summed E-state index contributed by atoms with van der Waals surface area (Å²) in [7, 11) is 0. The van der Waals surface area contributed by atoms with Crippen LogP contribution in [0.2, 0.25) is 5.02 Å². The fourth-order valence-corrected chi connectivity index (χ4v) is 4.68. The van der Waals surface area contributed by atoms with Crippen molar-refractivity contribution in [3.05, 3.63) is 73.4 Å². The number of aromatic nitrogens is 2. The first-order valence-electron chi connectivity index (χ1n) is 8.82. The minimum atomic E-state index is -0.473. The van der Waals surface area contributed by atoms with E-state index in [2.05, 4.69) is 4.98 Å². The van der Waals surface area contributed by atoms with E-state index in [1.54, 1.807) is 12.3 Å². The molecule has 0 radical (unpaired) electrons. The number of carbonyl (C=O) groups excluding carboxylic acids is 1. The summed E-state index contributed by atoms with van der Waals surface area (Å²) in [6.45, 7) is 2.31. The van der Waals surface area contributed by atoms with Crippen LogP contribution in [0.4, 0.5) is 0 Å². The molecule has 0 fully saturated rings. The number of hydrogen-bond acceptors (Lipinski definition) is 5. The second-order valence-electron chi connectivity index (χ2n) is 6.80. The molecule has 0 aliphatic carbocycles. The smallest absolute Gasteiger partial charge is 0.362 e. The number of nitrogens with zero attached hydrogens (tertiary/aromatic N) is 2. The Morgan fingerprint density at radius 2 is 2.10 bits per heavy atom. The lowest BCUT2D eigenvalue weighted by molar-refractivity contribution is 0.100. The Balaban J connectivity index is 1.90. The van der Waals surface area contributed by atoms with Crippen molar-refractivity contribution < 1.29 is 9.21 Å². The predicted molar refractivity (Wildman–Crippen MR) is 115 cm³/mol. The molecule has 0 saturated carbocycles. The molecule has 4 heterocycles. The number of benzene rings is 1. The zero-order valence-electron chi connectivity index (χ0n) is 15.2. The number of carbonyl (C=O) groups is 1. The maximum absolute atomic E-state index is 12.9. The van der Waals surface area contributed by atoms with Crippen molar-refractivity contribution in [1.82, 2.24) is 9.55 Å². The maximum atomic E-state index is 12.9. The zero-order valence-corrected chi connectivity index (χ0v) is 16.8. The summed E-state index contributed by atoms with van der Waals surface area (Å²) >= 11 is 7.71. The second kappa shape index (κ2) is 6.43. The summed E-state index contributed by atoms with van der Waals surface area (Å²) in [5.74, 6) is -0.473. The van der Waals surface area contributed by atoms with E-state index in [4.69, 9.17) is 21.8 Å². The minimum absolute atomic E-state index is 0.295. The van der Waals surface area contributed by atoms with Crippen LogP contribution in [0.5, 0.6) is 0 Å². The van der Waals surface area contributed by atoms with E-state index in [1.807, 2.05) is 41.8 Å². The molecular weight excluding hydrogens is 410 g/mol. The molecule has 2 N–H and O–H groups in total. The molecule has 5 aromatic rings. The number of halogens is 1. The molecular formula is C21H14ClN3O3S. The molecule has 1 aromatic carbocycles. The van der Waals surface area contributed by atoms with Crippen molar-refractivity contribution in [1.29, 1.82) is 0 Å². The lowest BCUT2D eigenvalue weighted by atomic mass is 10.1. The number of fused-ring (bicyclic) bond motifs is 5. The van der Waals surface area contributed by atoms with Crippen LogP contribution in [0, 0.1) is 6.92 Å². The number of thiophene rings is 1. The van der Waals surface area contributed by atoms with Crippen LogP contribution in [0.15, 0.2) is 51.8 Å². The highest BCUT2D eigenvalue weighted by Crippen LogP contribution is 2.36. The van der Waals surface area contributed by atoms with Crippen LogP contribution < -0.4 is 11.4 Å². The van der Waals surface area contributed by atoms with Gasteiger partial charge in [0, 0.05) is 32.3 Å². The maximum Gasteiger partial charge on any atom is 0.362 e. The first-order chi connectivity index (χ1) is 13.9. The van der Waals surface area contributed by atoms with Gasteiger partial charge in [0.15, 0.2) is 0 Å². The minimum Gasteiger partial charge on any atom is -0.402 e. The Hall–Kier alpha value is -3.16. The SMILES string of the molecule is Cc1cc2c3c4cccnc4oc(=O)c3n(Cc3ccc(C(N)=O)s3)c2cc1Cl. The zero-order chi connectivity index (χ0) is 20.3. The van der Waals surface area contributed by atoms with E-state index in [-0.39, 0.29) is 0 Å². The Kier molecular flexibility index (Phi) is 3.97. The van der Waals surface area contributed by atoms with Crippen LogP contribution in [0.1, 0.15) is 20.1 Å². The molecule has 144 valence electrons. The topological polar surface area (TPSA) is 91.1 Å². The van der Waals surface area contributed by atoms with E-state index in [0.717, 1.165) is 32.1 Å². The highest BCUT2D eigenvalue weighted by Gasteiger charge is 2.20. The van der Waals surface area contributed by atoms with Gasteiger partial charge in [0.05, 0.1) is 16.9 Å². The largest absolute Gasteiger partial charge is 0.402 e. The standard InChI is InChI=1S/C21H14ClN3O3S/c1-10-7-13-15(8-14(10)22)25(9-11-4-5-16(29-11)19(23)26)18-17(13)12-3-2-6-24-20(12)28-21(18)27/h2-8H,9H2,1H3,(H2,23,26). The van der Waals surface area contributed by atoms with Gasteiger partial charge < -0.3 is 14.7 Å². The van der Waals surface area contributed by atoms with E-state index in [1.165, 1.54) is 11.3 Å². The molecule has 8 heteroatoms. The Labute approximate surface area is 173 Å². The number of amides is 1. The molecule has 6 nitrogen and oxygen atoms in total. The van der Waals surface area contributed by atoms with Crippen LogP contribution in [0.3, 0.4) is 0 Å². The predicted octanol–water partition coefficient (Wildman–Crippen LogP) is 4.47. The third-order valence-electron chi connectivity index (χ3n) is 4.99. The highest BCUT2D eigenvalue weighted by molar-refractivity contribution is 7.14. The number of primary amides is 1. The second-order valence-corrected chi connectivity index (χ2v) is 8.38. The molecule has 0 spiro atoms. The van der Waals surface area contributed by atoms with Gasteiger partial charge in [-0.3, -0.25) is 4.79 Å². The van der Waals surface area contributed by atoms with E-state index in [9.17, 15) is 9.59 Å². The van der Waals surface area contributed by atoms with E-state index in [0.29, 0.717) is 27.7 Å². The average molecular weight is 424 g/mol. The van der Waals surface area contributed by atoms with Gasteiger partial charge in [-0.2, -0.15) is 0 Å². The van der Waals surface area contributed by atoms with Gasteiger partial charge >= 0.3 is 5.63 Å². The first kappa shape index (κ1) is 17.9. The number of hydrogen-bond donors (Lipinski definition) is 1. The Morgan fingerprint density at radius 3 is 2.86 bits per heavy atom. The molecule has 0 atom stereocenters. The normalized spacial score (nSPS) is 11.7. The molecule has 0 saturated heterocycles. The fraction of sp³-hybridized carbons (Fsp3) is 0.0952. The van der Waals surface area contributed by atoms with Crippen molar-refractivity contribution in [2.45, 2.75) is 13.5 Å². The summed E-state index contributed by atoms with van der Waals surface area (Å²) in [6, 6.07) is 11.1. The van der Waals surface area contributed by atoms with Crippen molar-refractivity contribution in [3.63, 3.8) is 0 Å². The molecule has 1 amide bonds. The van der Waals surface area contributed by atoms with Gasteiger partial charge in [0.25, 0.3) is 5.91 Å². The molecule has 4 aromatic heterocycles. The lowest BCUT2D eigenvalue weighted by Gasteiger charge is -2.06. The quantitative estimate of drug-likeness (QED) is 0.463. The summed E-state index contributed by atoms with van der Waals surface area (Å²) in [5.41, 5.74) is 7.37. The summed E-state index contributed by atoms with van der Waals surface area (Å²) in [4.78, 5) is 29.9. The molecule has 0 unspecified atom stereocenters. The third-order valence-corrected chi connectivity index (χ3v) is 6.48. The van der Waals surface area contributed by atoms with E-state index >= 15 is 0 Å².